The zero-order valence-corrected chi connectivity index (χ0v) is 22.3. The first kappa shape index (κ1) is 32.3. The fourth-order valence-corrected chi connectivity index (χ4v) is 2.62. The van der Waals surface area contributed by atoms with Crippen molar-refractivity contribution in [3.05, 3.63) is 98.1 Å². The van der Waals surface area contributed by atoms with Crippen LogP contribution in [-0.4, -0.2) is 51.0 Å². The lowest BCUT2D eigenvalue weighted by molar-refractivity contribution is -0.146. The van der Waals surface area contributed by atoms with Gasteiger partial charge < -0.3 is 37.9 Å². The molecule has 0 aliphatic rings. The summed E-state index contributed by atoms with van der Waals surface area (Å²) in [5.74, 6) is 3.74. The number of hydrogen-bond acceptors (Lipinski definition) is 12. The lowest BCUT2D eigenvalue weighted by atomic mass is 10.1. The van der Waals surface area contributed by atoms with E-state index in [4.69, 9.17) is 37.9 Å². The molecule has 0 saturated carbocycles. The van der Waals surface area contributed by atoms with Crippen LogP contribution in [-0.2, 0) is 38.1 Å². The lowest BCUT2D eigenvalue weighted by Crippen LogP contribution is -2.11. The van der Waals surface area contributed by atoms with Crippen molar-refractivity contribution in [1.82, 2.24) is 0 Å². The van der Waals surface area contributed by atoms with Crippen molar-refractivity contribution in [1.29, 1.82) is 0 Å². The summed E-state index contributed by atoms with van der Waals surface area (Å²) in [4.78, 5) is 45.2. The zero-order valence-electron chi connectivity index (χ0n) is 22.3. The second-order valence-corrected chi connectivity index (χ2v) is 7.29. The van der Waals surface area contributed by atoms with Gasteiger partial charge in [-0.25, -0.2) is 19.2 Å². The minimum atomic E-state index is -0.697. The van der Waals surface area contributed by atoms with Gasteiger partial charge in [0.15, 0.2) is 23.0 Å². The second kappa shape index (κ2) is 17.6. The van der Waals surface area contributed by atoms with Gasteiger partial charge in [0.2, 0.25) is 27.2 Å². The molecule has 0 aromatic heterocycles. The van der Waals surface area contributed by atoms with E-state index in [1.165, 1.54) is 24.3 Å². The molecular formula is C30H26O12. The van der Waals surface area contributed by atoms with Crippen LogP contribution in [0.1, 0.15) is 11.1 Å². The van der Waals surface area contributed by atoms with Crippen LogP contribution in [0.4, 0.5) is 0 Å². The van der Waals surface area contributed by atoms with Crippen molar-refractivity contribution >= 4 is 23.9 Å². The standard InChI is InChI=1S/C30H26O12/c1-5-27(31)39-17-35-23-13-11-21(15-25(23)37-19-41-29(33)7-3)9-10-22-12-14-24(36-18-40-28(32)6-2)26(16-22)38-20-42-30(34)8-4/h5-8,11-16H,1-4,17-20H2. The summed E-state index contributed by atoms with van der Waals surface area (Å²) in [6.07, 6.45) is 3.91. The Morgan fingerprint density at radius 1 is 0.500 bits per heavy atom. The Morgan fingerprint density at radius 2 is 0.786 bits per heavy atom. The summed E-state index contributed by atoms with van der Waals surface area (Å²) in [7, 11) is 0. The third kappa shape index (κ3) is 11.4. The number of esters is 4. The molecule has 0 bridgehead atoms. The minimum Gasteiger partial charge on any atom is -0.453 e. The van der Waals surface area contributed by atoms with Crippen molar-refractivity contribution in [2.45, 2.75) is 0 Å². The average Bonchev–Trinajstić information content (AvgIpc) is 3.00. The smallest absolute Gasteiger partial charge is 0.333 e. The molecule has 218 valence electrons. The Bertz CT molecular complexity index is 1290. The topological polar surface area (TPSA) is 142 Å². The van der Waals surface area contributed by atoms with E-state index in [1.54, 1.807) is 12.1 Å². The van der Waals surface area contributed by atoms with Gasteiger partial charge in [-0.05, 0) is 36.4 Å². The number of benzene rings is 2. The predicted octanol–water partition coefficient (Wildman–Crippen LogP) is 3.35. The molecule has 0 unspecified atom stereocenters. The van der Waals surface area contributed by atoms with Crippen LogP contribution in [0, 0.1) is 11.8 Å². The van der Waals surface area contributed by atoms with Gasteiger partial charge in [0.1, 0.15) is 0 Å². The summed E-state index contributed by atoms with van der Waals surface area (Å²) >= 11 is 0. The van der Waals surface area contributed by atoms with E-state index in [-0.39, 0.29) is 23.0 Å². The fourth-order valence-electron chi connectivity index (χ4n) is 2.62. The van der Waals surface area contributed by atoms with Gasteiger partial charge >= 0.3 is 23.9 Å². The van der Waals surface area contributed by atoms with E-state index >= 15 is 0 Å². The van der Waals surface area contributed by atoms with Crippen molar-refractivity contribution in [3.8, 4) is 34.8 Å². The van der Waals surface area contributed by atoms with Gasteiger partial charge in [-0.15, -0.1) is 0 Å². The average molecular weight is 579 g/mol. The maximum atomic E-state index is 11.3. The normalized spacial score (nSPS) is 9.43. The summed E-state index contributed by atoms with van der Waals surface area (Å²) < 4.78 is 41.1. The first-order chi connectivity index (χ1) is 20.3. The molecule has 0 aliphatic carbocycles. The highest BCUT2D eigenvalue weighted by atomic mass is 16.7. The van der Waals surface area contributed by atoms with Crippen molar-refractivity contribution < 1.29 is 57.1 Å². The molecule has 0 aliphatic heterocycles. The van der Waals surface area contributed by atoms with Crippen LogP contribution in [0.2, 0.25) is 0 Å². The maximum absolute atomic E-state index is 11.3. The molecular weight excluding hydrogens is 552 g/mol. The lowest BCUT2D eigenvalue weighted by Gasteiger charge is -2.13. The van der Waals surface area contributed by atoms with E-state index in [0.717, 1.165) is 24.3 Å². The Labute approximate surface area is 241 Å². The molecule has 42 heavy (non-hydrogen) atoms. The van der Waals surface area contributed by atoms with Gasteiger partial charge in [0, 0.05) is 35.4 Å². The van der Waals surface area contributed by atoms with Crippen LogP contribution < -0.4 is 18.9 Å². The van der Waals surface area contributed by atoms with Crippen LogP contribution in [0.5, 0.6) is 23.0 Å². The molecule has 0 N–H and O–H groups in total. The van der Waals surface area contributed by atoms with Gasteiger partial charge in [0.25, 0.3) is 0 Å². The van der Waals surface area contributed by atoms with E-state index in [0.29, 0.717) is 11.1 Å². The molecule has 0 saturated heterocycles. The molecule has 12 heteroatoms. The first-order valence-electron chi connectivity index (χ1n) is 11.8. The SMILES string of the molecule is C=CC(=O)OCOc1ccc(C#Cc2ccc(OCOC(=O)C=C)c(OCOC(=O)C=C)c2)cc1OCOC(=O)C=C. The molecule has 0 spiro atoms. The van der Waals surface area contributed by atoms with Gasteiger partial charge in [-0.2, -0.15) is 0 Å². The summed E-state index contributed by atoms with van der Waals surface area (Å²) in [6.45, 7) is 11.4. The van der Waals surface area contributed by atoms with Gasteiger partial charge in [0.05, 0.1) is 0 Å². The van der Waals surface area contributed by atoms with E-state index < -0.39 is 51.0 Å². The van der Waals surface area contributed by atoms with Crippen LogP contribution >= 0.6 is 0 Å². The summed E-state index contributed by atoms with van der Waals surface area (Å²) in [5, 5.41) is 0. The highest BCUT2D eigenvalue weighted by molar-refractivity contribution is 5.82. The Kier molecular flexibility index (Phi) is 13.5. The molecule has 0 amide bonds. The van der Waals surface area contributed by atoms with Crippen LogP contribution in [0.15, 0.2) is 87.0 Å². The van der Waals surface area contributed by atoms with E-state index in [2.05, 4.69) is 38.2 Å². The van der Waals surface area contributed by atoms with Crippen molar-refractivity contribution in [3.63, 3.8) is 0 Å². The van der Waals surface area contributed by atoms with Gasteiger partial charge in [-0.1, -0.05) is 38.2 Å². The Balaban J connectivity index is 2.27. The summed E-state index contributed by atoms with van der Waals surface area (Å²) in [6, 6.07) is 9.27. The predicted molar refractivity (Wildman–Crippen MR) is 146 cm³/mol. The fraction of sp³-hybridized carbons (Fsp3) is 0.133. The largest absolute Gasteiger partial charge is 0.453 e. The van der Waals surface area contributed by atoms with Crippen molar-refractivity contribution in [2.75, 3.05) is 27.2 Å². The van der Waals surface area contributed by atoms with E-state index in [1.807, 2.05) is 0 Å². The molecule has 0 radical (unpaired) electrons. The first-order valence-corrected chi connectivity index (χ1v) is 11.8. The highest BCUT2D eigenvalue weighted by Crippen LogP contribution is 2.30. The third-order valence-electron chi connectivity index (χ3n) is 4.57. The zero-order chi connectivity index (χ0) is 30.7. The third-order valence-corrected chi connectivity index (χ3v) is 4.57. The number of carbonyl (C=O) groups excluding carboxylic acids is 4. The molecule has 0 atom stereocenters. The molecule has 2 aromatic rings. The number of ether oxygens (including phenoxy) is 8. The van der Waals surface area contributed by atoms with Gasteiger partial charge in [-0.3, -0.25) is 0 Å². The number of carbonyl (C=O) groups is 4. The monoisotopic (exact) mass is 578 g/mol. The molecule has 0 fully saturated rings. The highest BCUT2D eigenvalue weighted by Gasteiger charge is 2.11. The number of hydrogen-bond donors (Lipinski definition) is 0. The minimum absolute atomic E-state index is 0.138. The quantitative estimate of drug-likeness (QED) is 0.0948. The Hall–Kier alpha value is -5.96. The molecule has 12 nitrogen and oxygen atoms in total. The van der Waals surface area contributed by atoms with Crippen LogP contribution in [0.3, 0.4) is 0 Å². The Morgan fingerprint density at radius 3 is 1.07 bits per heavy atom. The van der Waals surface area contributed by atoms with Crippen molar-refractivity contribution in [2.24, 2.45) is 0 Å². The molecule has 0 heterocycles. The number of rotatable bonds is 16. The van der Waals surface area contributed by atoms with Crippen LogP contribution in [0.25, 0.3) is 0 Å². The molecule has 2 rings (SSSR count). The molecule has 2 aromatic carbocycles. The maximum Gasteiger partial charge on any atom is 0.333 e. The second-order valence-electron chi connectivity index (χ2n) is 7.29. The summed E-state index contributed by atoms with van der Waals surface area (Å²) in [5.41, 5.74) is 0.934. The van der Waals surface area contributed by atoms with E-state index in [9.17, 15) is 19.2 Å².